The first-order valence-corrected chi connectivity index (χ1v) is 17.2. The molecule has 0 unspecified atom stereocenters. The lowest BCUT2D eigenvalue weighted by Crippen LogP contribution is -2.25. The number of likely N-dealkylation sites (tertiary alicyclic amines) is 1. The molecule has 242 valence electrons. The Balaban J connectivity index is 1.19. The van der Waals surface area contributed by atoms with Gasteiger partial charge in [0.05, 0.1) is 20.4 Å². The van der Waals surface area contributed by atoms with E-state index in [4.69, 9.17) is 18.9 Å². The number of nitrogens with zero attached hydrogens (tertiary/aromatic N) is 2. The number of benzene rings is 4. The van der Waals surface area contributed by atoms with Crippen molar-refractivity contribution < 1.29 is 23.7 Å². The maximum atomic E-state index is 14.4. The van der Waals surface area contributed by atoms with Crippen LogP contribution in [0.5, 0.6) is 17.2 Å². The van der Waals surface area contributed by atoms with Gasteiger partial charge in [0.25, 0.3) is 0 Å². The number of fused-ring (bicyclic) bond motifs is 1. The molecule has 0 aliphatic carbocycles. The topological polar surface area (TPSA) is 60.5 Å². The predicted octanol–water partition coefficient (Wildman–Crippen LogP) is 7.65. The van der Waals surface area contributed by atoms with Gasteiger partial charge in [0, 0.05) is 51.3 Å². The Morgan fingerprint density at radius 2 is 1.66 bits per heavy atom. The van der Waals surface area contributed by atoms with Crippen molar-refractivity contribution in [2.45, 2.75) is 26.0 Å². The van der Waals surface area contributed by atoms with Crippen LogP contribution in [0.4, 0.5) is 0 Å². The van der Waals surface area contributed by atoms with Crippen LogP contribution < -0.4 is 14.2 Å². The van der Waals surface area contributed by atoms with E-state index in [2.05, 4.69) is 34.1 Å². The van der Waals surface area contributed by atoms with Gasteiger partial charge >= 0.3 is 0 Å². The van der Waals surface area contributed by atoms with Gasteiger partial charge in [-0.15, -0.1) is 11.3 Å². The largest absolute Gasteiger partial charge is 0.496 e. The van der Waals surface area contributed by atoms with Gasteiger partial charge in [-0.2, -0.15) is 0 Å². The van der Waals surface area contributed by atoms with E-state index >= 15 is 0 Å². The van der Waals surface area contributed by atoms with Gasteiger partial charge in [0.1, 0.15) is 30.5 Å². The Bertz CT molecular complexity index is 1810. The third kappa shape index (κ3) is 7.36. The lowest BCUT2D eigenvalue weighted by Gasteiger charge is -2.16. The summed E-state index contributed by atoms with van der Waals surface area (Å²) in [4.78, 5) is 20.0. The fourth-order valence-electron chi connectivity index (χ4n) is 6.32. The minimum Gasteiger partial charge on any atom is -0.496 e. The molecule has 8 heteroatoms. The molecular weight excluding hydrogens is 609 g/mol. The van der Waals surface area contributed by atoms with Crippen molar-refractivity contribution in [3.05, 3.63) is 113 Å². The average Bonchev–Trinajstić information content (AvgIpc) is 3.90. The molecule has 7 nitrogen and oxygen atoms in total. The van der Waals surface area contributed by atoms with Gasteiger partial charge in [-0.1, -0.05) is 42.5 Å². The quantitative estimate of drug-likeness (QED) is 0.122. The highest BCUT2D eigenvalue weighted by Crippen LogP contribution is 2.42. The van der Waals surface area contributed by atoms with Crippen LogP contribution in [0.25, 0.3) is 20.5 Å². The van der Waals surface area contributed by atoms with Crippen LogP contribution in [0, 0.1) is 0 Å². The van der Waals surface area contributed by atoms with E-state index in [9.17, 15) is 4.79 Å². The van der Waals surface area contributed by atoms with Crippen molar-refractivity contribution in [2.24, 2.45) is 0 Å². The second kappa shape index (κ2) is 14.7. The fourth-order valence-corrected chi connectivity index (χ4v) is 7.55. The maximum Gasteiger partial charge on any atom is 0.195 e. The highest BCUT2D eigenvalue weighted by molar-refractivity contribution is 7.22. The van der Waals surface area contributed by atoms with E-state index in [0.717, 1.165) is 75.9 Å². The lowest BCUT2D eigenvalue weighted by molar-refractivity contribution is 0.104. The first kappa shape index (κ1) is 31.4. The van der Waals surface area contributed by atoms with Crippen LogP contribution in [0.2, 0.25) is 0 Å². The molecule has 7 rings (SSSR count). The summed E-state index contributed by atoms with van der Waals surface area (Å²) in [5.41, 5.74) is 4.39. The Kier molecular flexibility index (Phi) is 9.81. The van der Waals surface area contributed by atoms with Gasteiger partial charge in [-0.25, -0.2) is 0 Å². The van der Waals surface area contributed by atoms with E-state index in [1.807, 2.05) is 66.7 Å². The third-order valence-corrected chi connectivity index (χ3v) is 10.1. The number of carbonyl (C=O) groups is 1. The van der Waals surface area contributed by atoms with E-state index in [-0.39, 0.29) is 5.78 Å². The smallest absolute Gasteiger partial charge is 0.195 e. The van der Waals surface area contributed by atoms with Gasteiger partial charge in [-0.3, -0.25) is 14.6 Å². The lowest BCUT2D eigenvalue weighted by atomic mass is 9.96. The normalized spacial score (nSPS) is 15.3. The molecule has 0 bridgehead atoms. The zero-order valence-electron chi connectivity index (χ0n) is 26.8. The fraction of sp³-hybridized carbons (Fsp3) is 0.308. The summed E-state index contributed by atoms with van der Waals surface area (Å²) in [5.74, 6) is 2.27. The Hall–Kier alpha value is -4.21. The summed E-state index contributed by atoms with van der Waals surface area (Å²) in [5, 5.41) is 0.908. The highest BCUT2D eigenvalue weighted by Gasteiger charge is 2.24. The van der Waals surface area contributed by atoms with Crippen molar-refractivity contribution in [1.82, 2.24) is 9.80 Å². The Morgan fingerprint density at radius 1 is 0.851 bits per heavy atom. The Labute approximate surface area is 280 Å². The molecule has 2 fully saturated rings. The van der Waals surface area contributed by atoms with E-state index < -0.39 is 0 Å². The SMILES string of the molecule is COc1cc(C(=O)c2c(-c3ccc(OCCN4CCCC4)cc3)sc3cc(OCc4ccccc4)ccc23)ccc1CN1CCOC1. The van der Waals surface area contributed by atoms with Crippen molar-refractivity contribution in [1.29, 1.82) is 0 Å². The maximum absolute atomic E-state index is 14.4. The summed E-state index contributed by atoms with van der Waals surface area (Å²) < 4.78 is 24.5. The third-order valence-electron chi connectivity index (χ3n) is 8.90. The number of hydrogen-bond acceptors (Lipinski definition) is 8. The Morgan fingerprint density at radius 3 is 2.43 bits per heavy atom. The van der Waals surface area contributed by atoms with Crippen LogP contribution in [0.3, 0.4) is 0 Å². The molecule has 0 radical (unpaired) electrons. The molecule has 47 heavy (non-hydrogen) atoms. The van der Waals surface area contributed by atoms with Crippen molar-refractivity contribution in [3.63, 3.8) is 0 Å². The second-order valence-electron chi connectivity index (χ2n) is 12.1. The predicted molar refractivity (Wildman–Crippen MR) is 187 cm³/mol. The monoisotopic (exact) mass is 648 g/mol. The van der Waals surface area contributed by atoms with Crippen molar-refractivity contribution >= 4 is 27.2 Å². The molecular formula is C39H40N2O5S. The summed E-state index contributed by atoms with van der Waals surface area (Å²) in [7, 11) is 1.66. The summed E-state index contributed by atoms with van der Waals surface area (Å²) in [6.45, 7) is 7.34. The zero-order valence-corrected chi connectivity index (χ0v) is 27.6. The average molecular weight is 649 g/mol. The van der Waals surface area contributed by atoms with Crippen LogP contribution in [-0.2, 0) is 17.9 Å². The number of hydrogen-bond donors (Lipinski definition) is 0. The zero-order chi connectivity index (χ0) is 32.0. The van der Waals surface area contributed by atoms with Crippen LogP contribution in [0.1, 0.15) is 39.9 Å². The van der Waals surface area contributed by atoms with Gasteiger partial charge < -0.3 is 18.9 Å². The second-order valence-corrected chi connectivity index (χ2v) is 13.2. The molecule has 1 aromatic heterocycles. The molecule has 0 N–H and O–H groups in total. The van der Waals surface area contributed by atoms with E-state index in [0.29, 0.717) is 43.4 Å². The van der Waals surface area contributed by atoms with E-state index in [1.54, 1.807) is 18.4 Å². The van der Waals surface area contributed by atoms with Crippen molar-refractivity contribution in [2.75, 3.05) is 53.2 Å². The molecule has 5 aromatic rings. The number of carbonyl (C=O) groups excluding carboxylic acids is 1. The first-order chi connectivity index (χ1) is 23.1. The minimum absolute atomic E-state index is 0.0375. The molecule has 4 aromatic carbocycles. The minimum atomic E-state index is -0.0375. The molecule has 0 amide bonds. The molecule has 2 aliphatic heterocycles. The van der Waals surface area contributed by atoms with Crippen LogP contribution in [-0.4, -0.2) is 68.8 Å². The molecule has 0 atom stereocenters. The summed E-state index contributed by atoms with van der Waals surface area (Å²) >= 11 is 1.61. The number of rotatable bonds is 13. The molecule has 0 saturated carbocycles. The molecule has 2 saturated heterocycles. The number of ketones is 1. The molecule has 0 spiro atoms. The summed E-state index contributed by atoms with van der Waals surface area (Å²) in [6, 6.07) is 30.1. The number of ether oxygens (including phenoxy) is 4. The molecule has 2 aliphatic rings. The van der Waals surface area contributed by atoms with Gasteiger partial charge in [0.15, 0.2) is 5.78 Å². The van der Waals surface area contributed by atoms with E-state index in [1.165, 1.54) is 12.8 Å². The van der Waals surface area contributed by atoms with Crippen molar-refractivity contribution in [3.8, 4) is 27.7 Å². The number of thiophene rings is 1. The highest BCUT2D eigenvalue weighted by atomic mass is 32.1. The number of methoxy groups -OCH3 is 1. The molecule has 3 heterocycles. The summed E-state index contributed by atoms with van der Waals surface area (Å²) in [6.07, 6.45) is 2.55. The standard InChI is InChI=1S/C39H40N2O5S/c1-43-35-23-30(9-10-31(35)25-41-19-21-44-27-41)38(42)37-34-16-15-33(46-26-28-7-3-2-4-8-28)24-36(34)47-39(37)29-11-13-32(14-12-29)45-22-20-40-17-5-6-18-40/h2-4,7-16,23-24H,5-6,17-22,25-27H2,1H3. The van der Waals surface area contributed by atoms with Gasteiger partial charge in [0.2, 0.25) is 0 Å². The van der Waals surface area contributed by atoms with Gasteiger partial charge in [-0.05, 0) is 85.6 Å². The van der Waals surface area contributed by atoms with Crippen LogP contribution >= 0.6 is 11.3 Å². The van der Waals surface area contributed by atoms with Crippen LogP contribution in [0.15, 0.2) is 91.0 Å². The first-order valence-electron chi connectivity index (χ1n) is 16.4.